The highest BCUT2D eigenvalue weighted by atomic mass is 16.5. The van der Waals surface area contributed by atoms with E-state index in [-0.39, 0.29) is 17.9 Å². The number of nitrogens with one attached hydrogen (secondary N) is 1. The zero-order valence-electron chi connectivity index (χ0n) is 16.9. The summed E-state index contributed by atoms with van der Waals surface area (Å²) in [6, 6.07) is 5.65. The van der Waals surface area contributed by atoms with Crippen LogP contribution in [0.4, 0.5) is 0 Å². The number of rotatable bonds is 7. The van der Waals surface area contributed by atoms with Gasteiger partial charge in [-0.2, -0.15) is 4.98 Å². The second-order valence-electron chi connectivity index (χ2n) is 7.32. The van der Waals surface area contributed by atoms with Gasteiger partial charge in [0.2, 0.25) is 17.6 Å². The quantitative estimate of drug-likeness (QED) is 0.779. The summed E-state index contributed by atoms with van der Waals surface area (Å²) >= 11 is 0. The summed E-state index contributed by atoms with van der Waals surface area (Å²) in [4.78, 5) is 19.0. The van der Waals surface area contributed by atoms with Crippen molar-refractivity contribution in [1.29, 1.82) is 0 Å². The number of hydrogen-bond donors (Lipinski definition) is 1. The first-order valence-corrected chi connectivity index (χ1v) is 9.58. The largest absolute Gasteiger partial charge is 0.493 e. The standard InChI is InChI=1S/C20H28N4O4/c1-13(2)21-20(25)15-6-5-9-24(11-15)12-18-22-19(23-28-18)14-7-8-16(26-3)17(10-14)27-4/h7-8,10,13,15H,5-6,9,11-12H2,1-4H3,(H,21,25)/t15-/m1/s1. The lowest BCUT2D eigenvalue weighted by atomic mass is 9.97. The van der Waals surface area contributed by atoms with Gasteiger partial charge in [0.1, 0.15) is 0 Å². The Kier molecular flexibility index (Phi) is 6.51. The monoisotopic (exact) mass is 388 g/mol. The second-order valence-corrected chi connectivity index (χ2v) is 7.32. The molecule has 1 aliphatic heterocycles. The molecule has 8 heteroatoms. The predicted octanol–water partition coefficient (Wildman–Crippen LogP) is 2.49. The summed E-state index contributed by atoms with van der Waals surface area (Å²) in [6.45, 7) is 6.11. The lowest BCUT2D eigenvalue weighted by Gasteiger charge is -2.31. The summed E-state index contributed by atoms with van der Waals surface area (Å²) < 4.78 is 16.0. The maximum atomic E-state index is 12.3. The van der Waals surface area contributed by atoms with Gasteiger partial charge < -0.3 is 19.3 Å². The minimum atomic E-state index is 0.00407. The average Bonchev–Trinajstić information content (AvgIpc) is 3.15. The first kappa shape index (κ1) is 20.1. The Morgan fingerprint density at radius 2 is 2.11 bits per heavy atom. The van der Waals surface area contributed by atoms with Crippen molar-refractivity contribution in [2.75, 3.05) is 27.3 Å². The molecule has 1 N–H and O–H groups in total. The van der Waals surface area contributed by atoms with Crippen molar-refractivity contribution >= 4 is 5.91 Å². The van der Waals surface area contributed by atoms with Gasteiger partial charge in [-0.05, 0) is 51.4 Å². The molecule has 1 atom stereocenters. The Labute approximate surface area is 165 Å². The van der Waals surface area contributed by atoms with E-state index in [2.05, 4.69) is 20.4 Å². The van der Waals surface area contributed by atoms with Crippen LogP contribution in [0.1, 0.15) is 32.6 Å². The van der Waals surface area contributed by atoms with Crippen LogP contribution >= 0.6 is 0 Å². The molecule has 1 aromatic carbocycles. The van der Waals surface area contributed by atoms with Gasteiger partial charge >= 0.3 is 0 Å². The third kappa shape index (κ3) is 4.81. The van der Waals surface area contributed by atoms with E-state index < -0.39 is 0 Å². The van der Waals surface area contributed by atoms with Crippen molar-refractivity contribution in [3.05, 3.63) is 24.1 Å². The molecular formula is C20H28N4O4. The van der Waals surface area contributed by atoms with Crippen LogP contribution in [0.5, 0.6) is 11.5 Å². The van der Waals surface area contributed by atoms with Gasteiger partial charge in [-0.1, -0.05) is 5.16 Å². The molecule has 1 fully saturated rings. The third-order valence-electron chi connectivity index (χ3n) is 4.78. The van der Waals surface area contributed by atoms with Gasteiger partial charge in [-0.25, -0.2) is 0 Å². The Balaban J connectivity index is 1.65. The van der Waals surface area contributed by atoms with Crippen LogP contribution in [0.15, 0.2) is 22.7 Å². The minimum Gasteiger partial charge on any atom is -0.493 e. The van der Waals surface area contributed by atoms with Gasteiger partial charge in [-0.3, -0.25) is 9.69 Å². The summed E-state index contributed by atoms with van der Waals surface area (Å²) in [5, 5.41) is 7.09. The van der Waals surface area contributed by atoms with Crippen molar-refractivity contribution in [2.24, 2.45) is 5.92 Å². The van der Waals surface area contributed by atoms with Crippen LogP contribution < -0.4 is 14.8 Å². The van der Waals surface area contributed by atoms with E-state index in [4.69, 9.17) is 14.0 Å². The third-order valence-corrected chi connectivity index (χ3v) is 4.78. The molecule has 152 valence electrons. The zero-order chi connectivity index (χ0) is 20.1. The molecule has 1 aromatic heterocycles. The van der Waals surface area contributed by atoms with Crippen molar-refractivity contribution in [3.63, 3.8) is 0 Å². The lowest BCUT2D eigenvalue weighted by molar-refractivity contribution is -0.127. The number of hydrogen-bond acceptors (Lipinski definition) is 7. The molecule has 1 amide bonds. The summed E-state index contributed by atoms with van der Waals surface area (Å²) in [6.07, 6.45) is 1.89. The fourth-order valence-electron chi connectivity index (χ4n) is 3.42. The van der Waals surface area contributed by atoms with E-state index in [1.165, 1.54) is 0 Å². The van der Waals surface area contributed by atoms with Crippen molar-refractivity contribution in [2.45, 2.75) is 39.3 Å². The number of carbonyl (C=O) groups is 1. The first-order chi connectivity index (χ1) is 13.5. The topological polar surface area (TPSA) is 89.7 Å². The highest BCUT2D eigenvalue weighted by Crippen LogP contribution is 2.31. The highest BCUT2D eigenvalue weighted by Gasteiger charge is 2.27. The van der Waals surface area contributed by atoms with Crippen molar-refractivity contribution in [3.8, 4) is 22.9 Å². The number of ether oxygens (including phenoxy) is 2. The molecule has 2 heterocycles. The number of amides is 1. The number of nitrogens with zero attached hydrogens (tertiary/aromatic N) is 3. The molecule has 1 saturated heterocycles. The molecule has 28 heavy (non-hydrogen) atoms. The van der Waals surface area contributed by atoms with Crippen LogP contribution in [0.25, 0.3) is 11.4 Å². The van der Waals surface area contributed by atoms with E-state index in [1.807, 2.05) is 32.0 Å². The molecule has 2 aromatic rings. The fourth-order valence-corrected chi connectivity index (χ4v) is 3.42. The number of carbonyl (C=O) groups excluding carboxylic acids is 1. The van der Waals surface area contributed by atoms with Crippen LogP contribution in [0.2, 0.25) is 0 Å². The number of aromatic nitrogens is 2. The van der Waals surface area contributed by atoms with Crippen LogP contribution in [-0.4, -0.2) is 54.3 Å². The predicted molar refractivity (Wildman–Crippen MR) is 104 cm³/mol. The zero-order valence-corrected chi connectivity index (χ0v) is 16.9. The van der Waals surface area contributed by atoms with E-state index in [1.54, 1.807) is 14.2 Å². The summed E-state index contributed by atoms with van der Waals surface area (Å²) in [5.41, 5.74) is 0.792. The number of piperidine rings is 1. The molecule has 1 aliphatic rings. The average molecular weight is 388 g/mol. The summed E-state index contributed by atoms with van der Waals surface area (Å²) in [5.74, 6) is 2.42. The van der Waals surface area contributed by atoms with E-state index >= 15 is 0 Å². The van der Waals surface area contributed by atoms with Gasteiger partial charge in [-0.15, -0.1) is 0 Å². The Bertz CT molecular complexity index is 805. The smallest absolute Gasteiger partial charge is 0.241 e. The SMILES string of the molecule is COc1ccc(-c2noc(CN3CCC[C@@H](C(=O)NC(C)C)C3)n2)cc1OC. The normalized spacial score (nSPS) is 17.5. The molecule has 0 saturated carbocycles. The maximum Gasteiger partial charge on any atom is 0.241 e. The molecule has 3 rings (SSSR count). The number of benzene rings is 1. The Hall–Kier alpha value is -2.61. The number of likely N-dealkylation sites (tertiary alicyclic amines) is 1. The van der Waals surface area contributed by atoms with Crippen molar-refractivity contribution < 1.29 is 18.8 Å². The fraction of sp³-hybridized carbons (Fsp3) is 0.550. The van der Waals surface area contributed by atoms with Gasteiger partial charge in [0.05, 0.1) is 26.7 Å². The van der Waals surface area contributed by atoms with E-state index in [0.29, 0.717) is 36.3 Å². The molecule has 0 spiro atoms. The first-order valence-electron chi connectivity index (χ1n) is 9.58. The Morgan fingerprint density at radius 1 is 1.32 bits per heavy atom. The van der Waals surface area contributed by atoms with Crippen molar-refractivity contribution in [1.82, 2.24) is 20.4 Å². The molecule has 0 radical (unpaired) electrons. The lowest BCUT2D eigenvalue weighted by Crippen LogP contribution is -2.44. The number of methoxy groups -OCH3 is 2. The van der Waals surface area contributed by atoms with Gasteiger partial charge in [0.25, 0.3) is 0 Å². The van der Waals surface area contributed by atoms with Crippen LogP contribution in [-0.2, 0) is 11.3 Å². The molecule has 0 unspecified atom stereocenters. The van der Waals surface area contributed by atoms with E-state index in [9.17, 15) is 4.79 Å². The van der Waals surface area contributed by atoms with E-state index in [0.717, 1.165) is 24.9 Å². The molecular weight excluding hydrogens is 360 g/mol. The molecule has 0 bridgehead atoms. The van der Waals surface area contributed by atoms with Crippen LogP contribution in [0, 0.1) is 5.92 Å². The second kappa shape index (κ2) is 9.05. The summed E-state index contributed by atoms with van der Waals surface area (Å²) in [7, 11) is 3.18. The van der Waals surface area contributed by atoms with Crippen LogP contribution in [0.3, 0.4) is 0 Å². The van der Waals surface area contributed by atoms with Gasteiger partial charge in [0, 0.05) is 18.2 Å². The molecule has 0 aliphatic carbocycles. The maximum absolute atomic E-state index is 12.3. The molecule has 8 nitrogen and oxygen atoms in total. The minimum absolute atomic E-state index is 0.00407. The highest BCUT2D eigenvalue weighted by molar-refractivity contribution is 5.79. The van der Waals surface area contributed by atoms with Gasteiger partial charge in [0.15, 0.2) is 11.5 Å². The Morgan fingerprint density at radius 3 is 2.82 bits per heavy atom.